The maximum absolute atomic E-state index is 13.3. The van der Waals surface area contributed by atoms with Crippen LogP contribution in [0.2, 0.25) is 0 Å². The molecular formula is C27H42O3. The molecule has 0 aromatic carbocycles. The Labute approximate surface area is 183 Å². The predicted molar refractivity (Wildman–Crippen MR) is 119 cm³/mol. The van der Waals surface area contributed by atoms with E-state index in [1.54, 1.807) is 0 Å². The summed E-state index contributed by atoms with van der Waals surface area (Å²) in [6, 6.07) is 0. The van der Waals surface area contributed by atoms with E-state index in [2.05, 4.69) is 40.3 Å². The molecule has 0 aromatic rings. The van der Waals surface area contributed by atoms with Crippen LogP contribution in [-0.2, 0) is 14.3 Å². The second-order valence-electron chi connectivity index (χ2n) is 12.2. The van der Waals surface area contributed by atoms with Gasteiger partial charge in [0.25, 0.3) is 0 Å². The van der Waals surface area contributed by atoms with Gasteiger partial charge in [-0.25, -0.2) is 0 Å². The molecule has 5 fully saturated rings. The molecule has 0 amide bonds. The van der Waals surface area contributed by atoms with E-state index in [9.17, 15) is 4.79 Å². The summed E-state index contributed by atoms with van der Waals surface area (Å²) >= 11 is 0. The SMILES string of the molecule is C=CC1C(C[C@@H]2C(=O)C[C@H]3[C@H]2CC[C@H]2CCCC[C@@]23C)O[C@]2(CCC(C)(C)O2)[C@H]1C. The molecule has 2 saturated heterocycles. The average Bonchev–Trinajstić information content (AvgIpc) is 3.28. The molecule has 30 heavy (non-hydrogen) atoms. The van der Waals surface area contributed by atoms with Gasteiger partial charge >= 0.3 is 0 Å². The van der Waals surface area contributed by atoms with Crippen LogP contribution >= 0.6 is 0 Å². The normalized spacial score (nSPS) is 52.4. The molecule has 0 radical (unpaired) electrons. The molecule has 5 aliphatic rings. The van der Waals surface area contributed by atoms with Crippen molar-refractivity contribution in [1.29, 1.82) is 0 Å². The van der Waals surface area contributed by atoms with Crippen LogP contribution in [0.5, 0.6) is 0 Å². The van der Waals surface area contributed by atoms with Gasteiger partial charge in [-0.05, 0) is 75.5 Å². The van der Waals surface area contributed by atoms with E-state index in [0.717, 1.165) is 31.6 Å². The third-order valence-electron chi connectivity index (χ3n) is 10.3. The van der Waals surface area contributed by atoms with Crippen LogP contribution in [0, 0.1) is 40.9 Å². The Balaban J connectivity index is 1.35. The maximum atomic E-state index is 13.3. The lowest BCUT2D eigenvalue weighted by Crippen LogP contribution is -2.44. The molecule has 3 saturated carbocycles. The first-order valence-corrected chi connectivity index (χ1v) is 12.7. The molecule has 2 unspecified atom stereocenters. The van der Waals surface area contributed by atoms with Crippen LogP contribution < -0.4 is 0 Å². The number of ketones is 1. The Morgan fingerprint density at radius 1 is 1.10 bits per heavy atom. The second-order valence-corrected chi connectivity index (χ2v) is 12.2. The minimum atomic E-state index is -0.485. The first-order valence-electron chi connectivity index (χ1n) is 12.7. The van der Waals surface area contributed by atoms with Crippen molar-refractivity contribution in [3.63, 3.8) is 0 Å². The number of carbonyl (C=O) groups is 1. The highest BCUT2D eigenvalue weighted by molar-refractivity contribution is 5.84. The smallest absolute Gasteiger partial charge is 0.172 e. The van der Waals surface area contributed by atoms with Gasteiger partial charge < -0.3 is 9.47 Å². The van der Waals surface area contributed by atoms with Gasteiger partial charge in [0.05, 0.1) is 11.7 Å². The van der Waals surface area contributed by atoms with Gasteiger partial charge in [-0.1, -0.05) is 32.8 Å². The minimum absolute atomic E-state index is 0.0657. The molecule has 2 aliphatic heterocycles. The predicted octanol–water partition coefficient (Wildman–Crippen LogP) is 6.31. The summed E-state index contributed by atoms with van der Waals surface area (Å²) in [4.78, 5) is 13.3. The van der Waals surface area contributed by atoms with E-state index < -0.39 is 5.79 Å². The van der Waals surface area contributed by atoms with Crippen molar-refractivity contribution >= 4 is 5.78 Å². The molecule has 168 valence electrons. The highest BCUT2D eigenvalue weighted by Gasteiger charge is 2.60. The zero-order valence-electron chi connectivity index (χ0n) is 19.6. The first kappa shape index (κ1) is 21.2. The summed E-state index contributed by atoms with van der Waals surface area (Å²) in [5.74, 6) is 2.79. The number of carbonyl (C=O) groups excluding carboxylic acids is 1. The molecule has 5 rings (SSSR count). The van der Waals surface area contributed by atoms with Gasteiger partial charge in [-0.2, -0.15) is 0 Å². The molecule has 3 nitrogen and oxygen atoms in total. The lowest BCUT2D eigenvalue weighted by atomic mass is 9.52. The standard InChI is InChI=1S/C27H42O3/c1-6-19-17(2)27(14-13-25(3,4)30-27)29-24(19)15-21-20-11-10-18-9-7-8-12-26(18,5)22(20)16-23(21)28/h6,17-22,24H,1,7-16H2,2-5H3/t17-,18+,19?,20-,21-,22-,24?,26-,27-/m0/s1. The molecule has 0 N–H and O–H groups in total. The fourth-order valence-electron chi connectivity index (χ4n) is 8.57. The summed E-state index contributed by atoms with van der Waals surface area (Å²) in [6.07, 6.45) is 13.8. The van der Waals surface area contributed by atoms with Crippen molar-refractivity contribution < 1.29 is 14.3 Å². The molecular weight excluding hydrogens is 372 g/mol. The molecule has 1 spiro atoms. The topological polar surface area (TPSA) is 35.5 Å². The van der Waals surface area contributed by atoms with Crippen LogP contribution in [0.1, 0.15) is 91.9 Å². The monoisotopic (exact) mass is 414 g/mol. The number of hydrogen-bond acceptors (Lipinski definition) is 3. The van der Waals surface area contributed by atoms with E-state index in [-0.39, 0.29) is 23.5 Å². The number of rotatable bonds is 3. The van der Waals surface area contributed by atoms with Crippen LogP contribution in [0.15, 0.2) is 12.7 Å². The van der Waals surface area contributed by atoms with E-state index >= 15 is 0 Å². The lowest BCUT2D eigenvalue weighted by Gasteiger charge is -2.52. The molecule has 9 atom stereocenters. The van der Waals surface area contributed by atoms with Gasteiger partial charge in [0.1, 0.15) is 5.78 Å². The zero-order chi connectivity index (χ0) is 21.3. The number of ether oxygens (including phenoxy) is 2. The largest absolute Gasteiger partial charge is 0.346 e. The van der Waals surface area contributed by atoms with E-state index in [0.29, 0.717) is 29.0 Å². The Kier molecular flexibility index (Phi) is 5.06. The Bertz CT molecular complexity index is 713. The molecule has 3 aliphatic carbocycles. The second kappa shape index (κ2) is 7.17. The van der Waals surface area contributed by atoms with Crippen LogP contribution in [0.25, 0.3) is 0 Å². The van der Waals surface area contributed by atoms with E-state index in [1.807, 2.05) is 0 Å². The molecule has 2 heterocycles. The molecule has 3 heteroatoms. The van der Waals surface area contributed by atoms with Gasteiger partial charge in [0.15, 0.2) is 5.79 Å². The van der Waals surface area contributed by atoms with Gasteiger partial charge in [0.2, 0.25) is 0 Å². The van der Waals surface area contributed by atoms with Crippen LogP contribution in [-0.4, -0.2) is 23.3 Å². The molecule has 0 bridgehead atoms. The van der Waals surface area contributed by atoms with Crippen molar-refractivity contribution in [3.05, 3.63) is 12.7 Å². The van der Waals surface area contributed by atoms with E-state index in [1.165, 1.54) is 38.5 Å². The highest BCUT2D eigenvalue weighted by Crippen LogP contribution is 2.62. The minimum Gasteiger partial charge on any atom is -0.346 e. The number of Topliss-reactive ketones (excluding diaryl/α,β-unsaturated/α-hetero) is 1. The Hall–Kier alpha value is -0.670. The number of hydrogen-bond donors (Lipinski definition) is 0. The summed E-state index contributed by atoms with van der Waals surface area (Å²) in [6.45, 7) is 13.3. The summed E-state index contributed by atoms with van der Waals surface area (Å²) < 4.78 is 13.2. The van der Waals surface area contributed by atoms with Gasteiger partial charge in [-0.15, -0.1) is 6.58 Å². The van der Waals surface area contributed by atoms with Crippen molar-refractivity contribution in [1.82, 2.24) is 0 Å². The Morgan fingerprint density at radius 3 is 2.60 bits per heavy atom. The first-order chi connectivity index (χ1) is 14.2. The number of fused-ring (bicyclic) bond motifs is 3. The summed E-state index contributed by atoms with van der Waals surface area (Å²) in [7, 11) is 0. The summed E-state index contributed by atoms with van der Waals surface area (Å²) in [5.41, 5.74) is 0.268. The fraction of sp³-hybridized carbons (Fsp3) is 0.889. The third kappa shape index (κ3) is 3.09. The van der Waals surface area contributed by atoms with Gasteiger partial charge in [-0.3, -0.25) is 4.79 Å². The highest BCUT2D eigenvalue weighted by atomic mass is 16.7. The fourth-order valence-corrected chi connectivity index (χ4v) is 8.57. The van der Waals surface area contributed by atoms with Crippen molar-refractivity contribution in [2.45, 2.75) is 109 Å². The Morgan fingerprint density at radius 2 is 1.90 bits per heavy atom. The summed E-state index contributed by atoms with van der Waals surface area (Å²) in [5, 5.41) is 0. The van der Waals surface area contributed by atoms with Crippen LogP contribution in [0.4, 0.5) is 0 Å². The van der Waals surface area contributed by atoms with Gasteiger partial charge in [0, 0.05) is 30.6 Å². The zero-order valence-corrected chi connectivity index (χ0v) is 19.6. The maximum Gasteiger partial charge on any atom is 0.172 e. The van der Waals surface area contributed by atoms with Crippen molar-refractivity contribution in [2.75, 3.05) is 0 Å². The average molecular weight is 415 g/mol. The van der Waals surface area contributed by atoms with Crippen molar-refractivity contribution in [3.8, 4) is 0 Å². The molecule has 0 aromatic heterocycles. The third-order valence-corrected chi connectivity index (χ3v) is 10.3. The quantitative estimate of drug-likeness (QED) is 0.508. The van der Waals surface area contributed by atoms with E-state index in [4.69, 9.17) is 9.47 Å². The van der Waals surface area contributed by atoms with Crippen LogP contribution in [0.3, 0.4) is 0 Å². The lowest BCUT2D eigenvalue weighted by molar-refractivity contribution is -0.251. The van der Waals surface area contributed by atoms with Crippen molar-refractivity contribution in [2.24, 2.45) is 40.9 Å².